The quantitative estimate of drug-likeness (QED) is 0.359. The van der Waals surface area contributed by atoms with Crippen molar-refractivity contribution in [3.8, 4) is 6.07 Å². The van der Waals surface area contributed by atoms with Gasteiger partial charge in [0.05, 0.1) is 29.3 Å². The van der Waals surface area contributed by atoms with Crippen LogP contribution in [0, 0.1) is 11.3 Å². The van der Waals surface area contributed by atoms with Gasteiger partial charge in [0.15, 0.2) is 0 Å². The number of anilines is 1. The number of hydrogen-bond acceptors (Lipinski definition) is 5. The summed E-state index contributed by atoms with van der Waals surface area (Å²) in [5, 5.41) is 14.6. The highest BCUT2D eigenvalue weighted by atomic mass is 35.5. The van der Waals surface area contributed by atoms with Crippen LogP contribution < -0.4 is 10.6 Å². The molecule has 0 spiro atoms. The molecule has 116 valence electrons. The zero-order valence-corrected chi connectivity index (χ0v) is 13.2. The molecule has 1 aromatic rings. The average molecular weight is 342 g/mol. The molecule has 0 radical (unpaired) electrons. The van der Waals surface area contributed by atoms with E-state index in [1.54, 1.807) is 24.3 Å². The van der Waals surface area contributed by atoms with Gasteiger partial charge in [-0.1, -0.05) is 29.3 Å². The molecule has 0 saturated heterocycles. The first-order valence-electron chi connectivity index (χ1n) is 6.15. The van der Waals surface area contributed by atoms with Crippen molar-refractivity contribution in [3.63, 3.8) is 0 Å². The molecule has 0 saturated carbocycles. The summed E-state index contributed by atoms with van der Waals surface area (Å²) in [6.45, 7) is 0.239. The number of methoxy groups -OCH3 is 1. The average Bonchev–Trinajstić information content (AvgIpc) is 2.51. The lowest BCUT2D eigenvalue weighted by molar-refractivity contribution is -0.140. The number of esters is 1. The molecule has 0 atom stereocenters. The van der Waals surface area contributed by atoms with E-state index in [2.05, 4.69) is 15.4 Å². The molecule has 1 aromatic carbocycles. The summed E-state index contributed by atoms with van der Waals surface area (Å²) in [6.07, 6.45) is 1.34. The van der Waals surface area contributed by atoms with Crippen LogP contribution in [0.5, 0.6) is 0 Å². The van der Waals surface area contributed by atoms with Crippen molar-refractivity contribution in [2.75, 3.05) is 19.0 Å². The molecule has 0 unspecified atom stereocenters. The lowest BCUT2D eigenvalue weighted by atomic mass is 10.2. The third-order valence-corrected chi connectivity index (χ3v) is 3.33. The van der Waals surface area contributed by atoms with Gasteiger partial charge in [-0.25, -0.2) is 0 Å². The first kappa shape index (κ1) is 17.8. The highest BCUT2D eigenvalue weighted by Crippen LogP contribution is 2.29. The largest absolute Gasteiger partial charge is 0.469 e. The fourth-order valence-electron chi connectivity index (χ4n) is 1.39. The Bertz CT molecular complexity index is 639. The van der Waals surface area contributed by atoms with Crippen LogP contribution in [-0.2, 0) is 14.3 Å². The van der Waals surface area contributed by atoms with Gasteiger partial charge in [-0.3, -0.25) is 9.59 Å². The monoisotopic (exact) mass is 341 g/mol. The van der Waals surface area contributed by atoms with E-state index in [9.17, 15) is 9.59 Å². The second-order valence-electron chi connectivity index (χ2n) is 4.01. The molecule has 22 heavy (non-hydrogen) atoms. The Morgan fingerprint density at radius 2 is 2.14 bits per heavy atom. The van der Waals surface area contributed by atoms with Gasteiger partial charge < -0.3 is 15.4 Å². The summed E-state index contributed by atoms with van der Waals surface area (Å²) in [5.74, 6) is -1.04. The lowest BCUT2D eigenvalue weighted by Crippen LogP contribution is -2.18. The number of halogens is 2. The van der Waals surface area contributed by atoms with Crippen molar-refractivity contribution in [3.05, 3.63) is 40.0 Å². The molecule has 0 aliphatic rings. The summed E-state index contributed by atoms with van der Waals surface area (Å²) in [6, 6.07) is 6.51. The fourth-order valence-corrected chi connectivity index (χ4v) is 1.74. The van der Waals surface area contributed by atoms with Crippen LogP contribution in [-0.4, -0.2) is 25.5 Å². The van der Waals surface area contributed by atoms with E-state index in [1.165, 1.54) is 13.3 Å². The number of nitriles is 1. The van der Waals surface area contributed by atoms with Crippen molar-refractivity contribution in [2.45, 2.75) is 6.42 Å². The molecule has 0 aliphatic heterocycles. The molecule has 1 rings (SSSR count). The van der Waals surface area contributed by atoms with Crippen LogP contribution >= 0.6 is 23.2 Å². The van der Waals surface area contributed by atoms with Gasteiger partial charge in [-0.2, -0.15) is 5.26 Å². The summed E-state index contributed by atoms with van der Waals surface area (Å²) >= 11 is 11.8. The Hall–Kier alpha value is -2.23. The van der Waals surface area contributed by atoms with E-state index in [0.29, 0.717) is 5.69 Å². The minimum Gasteiger partial charge on any atom is -0.469 e. The highest BCUT2D eigenvalue weighted by molar-refractivity contribution is 6.44. The number of rotatable bonds is 6. The van der Waals surface area contributed by atoms with Crippen LogP contribution in [0.4, 0.5) is 5.69 Å². The number of carbonyl (C=O) groups excluding carboxylic acids is 2. The Labute approximate surface area is 137 Å². The molecular weight excluding hydrogens is 329 g/mol. The predicted octanol–water partition coefficient (Wildman–Crippen LogP) is 2.49. The molecule has 0 bridgehead atoms. The summed E-state index contributed by atoms with van der Waals surface area (Å²) in [7, 11) is 1.28. The standard InChI is InChI=1S/C14H13Cl2N3O3/c1-22-12(20)5-6-18-8-9(7-17)14(21)19-11-4-2-3-10(15)13(11)16/h2-4,8,18H,5-6H2,1H3,(H,19,21)/b9-8-. The van der Waals surface area contributed by atoms with Crippen molar-refractivity contribution < 1.29 is 14.3 Å². The fraction of sp³-hybridized carbons (Fsp3) is 0.214. The first-order valence-corrected chi connectivity index (χ1v) is 6.91. The van der Waals surface area contributed by atoms with Gasteiger partial charge in [-0.15, -0.1) is 0 Å². The van der Waals surface area contributed by atoms with Crippen molar-refractivity contribution in [1.29, 1.82) is 5.26 Å². The van der Waals surface area contributed by atoms with Crippen molar-refractivity contribution in [2.24, 2.45) is 0 Å². The maximum absolute atomic E-state index is 12.0. The summed E-state index contributed by atoms with van der Waals surface area (Å²) in [4.78, 5) is 22.9. The molecule has 6 nitrogen and oxygen atoms in total. The maximum atomic E-state index is 12.0. The number of nitrogens with zero attached hydrogens (tertiary/aromatic N) is 1. The van der Waals surface area contributed by atoms with E-state index in [1.807, 2.05) is 0 Å². The molecule has 0 aromatic heterocycles. The van der Waals surface area contributed by atoms with Gasteiger partial charge in [0, 0.05) is 12.7 Å². The molecule has 0 fully saturated rings. The predicted molar refractivity (Wildman–Crippen MR) is 83.4 cm³/mol. The van der Waals surface area contributed by atoms with Gasteiger partial charge in [-0.05, 0) is 12.1 Å². The Morgan fingerprint density at radius 3 is 2.77 bits per heavy atom. The second kappa shape index (κ2) is 8.93. The minimum absolute atomic E-state index is 0.119. The molecule has 8 heteroatoms. The highest BCUT2D eigenvalue weighted by Gasteiger charge is 2.12. The zero-order valence-electron chi connectivity index (χ0n) is 11.7. The topological polar surface area (TPSA) is 91.2 Å². The van der Waals surface area contributed by atoms with Gasteiger partial charge >= 0.3 is 5.97 Å². The van der Waals surface area contributed by atoms with Crippen LogP contribution in [0.1, 0.15) is 6.42 Å². The summed E-state index contributed by atoms with van der Waals surface area (Å²) < 4.78 is 4.46. The minimum atomic E-state index is -0.641. The second-order valence-corrected chi connectivity index (χ2v) is 4.79. The normalized spacial score (nSPS) is 10.5. The van der Waals surface area contributed by atoms with E-state index in [4.69, 9.17) is 28.5 Å². The van der Waals surface area contributed by atoms with Crippen LogP contribution in [0.25, 0.3) is 0 Å². The van der Waals surface area contributed by atoms with Crippen LogP contribution in [0.15, 0.2) is 30.0 Å². The molecule has 2 N–H and O–H groups in total. The van der Waals surface area contributed by atoms with Crippen LogP contribution in [0.2, 0.25) is 10.0 Å². The number of nitrogens with one attached hydrogen (secondary N) is 2. The Balaban J connectivity index is 2.67. The molecule has 0 heterocycles. The SMILES string of the molecule is COC(=O)CCN/C=C(/C#N)C(=O)Nc1cccc(Cl)c1Cl. The Kier molecular flexibility index (Phi) is 7.23. The van der Waals surface area contributed by atoms with E-state index in [0.717, 1.165) is 0 Å². The maximum Gasteiger partial charge on any atom is 0.307 e. The zero-order chi connectivity index (χ0) is 16.5. The number of amides is 1. The molecule has 0 aliphatic carbocycles. The number of hydrogen-bond donors (Lipinski definition) is 2. The van der Waals surface area contributed by atoms with Gasteiger partial charge in [0.1, 0.15) is 11.6 Å². The lowest BCUT2D eigenvalue weighted by Gasteiger charge is -2.07. The third kappa shape index (κ3) is 5.28. The number of ether oxygens (including phenoxy) is 1. The van der Waals surface area contributed by atoms with Gasteiger partial charge in [0.2, 0.25) is 0 Å². The van der Waals surface area contributed by atoms with E-state index in [-0.39, 0.29) is 28.6 Å². The molecule has 1 amide bonds. The van der Waals surface area contributed by atoms with Crippen molar-refractivity contribution >= 4 is 40.8 Å². The van der Waals surface area contributed by atoms with Gasteiger partial charge in [0.25, 0.3) is 5.91 Å². The van der Waals surface area contributed by atoms with Crippen molar-refractivity contribution in [1.82, 2.24) is 5.32 Å². The van der Waals surface area contributed by atoms with E-state index >= 15 is 0 Å². The molecular formula is C14H13Cl2N3O3. The van der Waals surface area contributed by atoms with Crippen LogP contribution in [0.3, 0.4) is 0 Å². The number of benzene rings is 1. The Morgan fingerprint density at radius 1 is 1.41 bits per heavy atom. The smallest absolute Gasteiger partial charge is 0.307 e. The summed E-state index contributed by atoms with van der Waals surface area (Å²) in [5.41, 5.74) is 0.135. The van der Waals surface area contributed by atoms with E-state index < -0.39 is 11.9 Å². The number of carbonyl (C=O) groups is 2. The third-order valence-electron chi connectivity index (χ3n) is 2.51. The first-order chi connectivity index (χ1) is 10.5.